The van der Waals surface area contributed by atoms with E-state index in [1.807, 2.05) is 32.0 Å². The molecule has 0 atom stereocenters. The molecule has 3 nitrogen and oxygen atoms in total. The van der Waals surface area contributed by atoms with Gasteiger partial charge in [0.1, 0.15) is 16.7 Å². The molecule has 0 bridgehead atoms. The summed E-state index contributed by atoms with van der Waals surface area (Å²) in [5.74, 6) is 1.98. The number of benzene rings is 1. The minimum Gasteiger partial charge on any atom is -0.439 e. The lowest BCUT2D eigenvalue weighted by Crippen LogP contribution is -2.10. The van der Waals surface area contributed by atoms with E-state index < -0.39 is 0 Å². The van der Waals surface area contributed by atoms with Gasteiger partial charge in [-0.3, -0.25) is 0 Å². The highest BCUT2D eigenvalue weighted by molar-refractivity contribution is 6.30. The number of halogens is 1. The van der Waals surface area contributed by atoms with E-state index in [2.05, 4.69) is 36.8 Å². The first-order chi connectivity index (χ1) is 9.81. The van der Waals surface area contributed by atoms with Crippen molar-refractivity contribution in [2.24, 2.45) is 0 Å². The molecule has 0 N–H and O–H groups in total. The lowest BCUT2D eigenvalue weighted by molar-refractivity contribution is 0.451. The van der Waals surface area contributed by atoms with E-state index in [1.54, 1.807) is 0 Å². The Morgan fingerprint density at radius 3 is 2.52 bits per heavy atom. The molecule has 0 amide bonds. The highest BCUT2D eigenvalue weighted by Crippen LogP contribution is 2.30. The van der Waals surface area contributed by atoms with Crippen molar-refractivity contribution in [3.05, 3.63) is 46.4 Å². The Balaban J connectivity index is 2.36. The molecule has 0 aliphatic heterocycles. The summed E-state index contributed by atoms with van der Waals surface area (Å²) in [6.45, 7) is 10.4. The molecule has 2 aromatic rings. The van der Waals surface area contributed by atoms with E-state index in [0.717, 1.165) is 17.7 Å². The average molecular weight is 305 g/mol. The molecule has 0 spiro atoms. The molecule has 0 unspecified atom stereocenters. The largest absolute Gasteiger partial charge is 0.439 e. The Labute approximate surface area is 131 Å². The van der Waals surface area contributed by atoms with Crippen LogP contribution in [0.4, 0.5) is 0 Å². The molecule has 4 heteroatoms. The van der Waals surface area contributed by atoms with Crippen LogP contribution in [0.25, 0.3) is 0 Å². The average Bonchev–Trinajstić information content (AvgIpc) is 2.43. The van der Waals surface area contributed by atoms with E-state index >= 15 is 0 Å². The summed E-state index contributed by atoms with van der Waals surface area (Å²) in [5, 5.41) is 0.448. The number of ether oxygens (including phenoxy) is 1. The monoisotopic (exact) mass is 304 g/mol. The summed E-state index contributed by atoms with van der Waals surface area (Å²) in [5.41, 5.74) is 2.05. The van der Waals surface area contributed by atoms with E-state index in [1.165, 1.54) is 5.56 Å². The summed E-state index contributed by atoms with van der Waals surface area (Å²) in [4.78, 5) is 8.65. The van der Waals surface area contributed by atoms with Crippen molar-refractivity contribution in [1.82, 2.24) is 9.97 Å². The summed E-state index contributed by atoms with van der Waals surface area (Å²) in [7, 11) is 0. The molecule has 0 saturated carbocycles. The van der Waals surface area contributed by atoms with Crippen molar-refractivity contribution in [2.45, 2.75) is 46.5 Å². The van der Waals surface area contributed by atoms with Gasteiger partial charge in [0.25, 0.3) is 0 Å². The topological polar surface area (TPSA) is 35.0 Å². The van der Waals surface area contributed by atoms with Gasteiger partial charge in [0, 0.05) is 12.0 Å². The lowest BCUT2D eigenvalue weighted by Gasteiger charge is -2.19. The maximum Gasteiger partial charge on any atom is 0.226 e. The zero-order valence-electron chi connectivity index (χ0n) is 13.2. The van der Waals surface area contributed by atoms with Crippen LogP contribution in [0.15, 0.2) is 24.3 Å². The van der Waals surface area contributed by atoms with Crippen molar-refractivity contribution in [3.8, 4) is 11.6 Å². The Hall–Kier alpha value is -1.61. The normalized spacial score (nSPS) is 11.5. The fourth-order valence-corrected chi connectivity index (χ4v) is 2.09. The maximum absolute atomic E-state index is 6.14. The Morgan fingerprint density at radius 1 is 1.19 bits per heavy atom. The SMILES string of the molecule is CCc1nc(Cl)c(C)c(Oc2cccc(C(C)(C)C)c2)n1. The minimum absolute atomic E-state index is 0.0757. The van der Waals surface area contributed by atoms with Crippen LogP contribution in [0.2, 0.25) is 5.15 Å². The highest BCUT2D eigenvalue weighted by atomic mass is 35.5. The van der Waals surface area contributed by atoms with Gasteiger partial charge in [-0.25, -0.2) is 4.98 Å². The quantitative estimate of drug-likeness (QED) is 0.741. The number of rotatable bonds is 3. The molecule has 21 heavy (non-hydrogen) atoms. The number of hydrogen-bond donors (Lipinski definition) is 0. The first-order valence-electron chi connectivity index (χ1n) is 7.12. The fourth-order valence-electron chi connectivity index (χ4n) is 1.91. The molecule has 0 aliphatic carbocycles. The molecule has 1 heterocycles. The van der Waals surface area contributed by atoms with Crippen LogP contribution < -0.4 is 4.74 Å². The van der Waals surface area contributed by atoms with Gasteiger partial charge in [0.05, 0.1) is 0 Å². The predicted octanol–water partition coefficient (Wildman–Crippen LogP) is 5.09. The van der Waals surface area contributed by atoms with Crippen LogP contribution in [0.1, 0.15) is 44.6 Å². The molecule has 2 rings (SSSR count). The molecule has 1 aromatic carbocycles. The van der Waals surface area contributed by atoms with Gasteiger partial charge in [-0.2, -0.15) is 4.98 Å². The second kappa shape index (κ2) is 6.02. The van der Waals surface area contributed by atoms with Crippen LogP contribution >= 0.6 is 11.6 Å². The van der Waals surface area contributed by atoms with Crippen LogP contribution in [0, 0.1) is 6.92 Å². The fraction of sp³-hybridized carbons (Fsp3) is 0.412. The summed E-state index contributed by atoms with van der Waals surface area (Å²) >= 11 is 6.14. The molecule has 0 aliphatic rings. The predicted molar refractivity (Wildman–Crippen MR) is 86.4 cm³/mol. The van der Waals surface area contributed by atoms with E-state index in [0.29, 0.717) is 16.9 Å². The smallest absolute Gasteiger partial charge is 0.226 e. The molecule has 0 saturated heterocycles. The summed E-state index contributed by atoms with van der Waals surface area (Å²) < 4.78 is 5.93. The summed E-state index contributed by atoms with van der Waals surface area (Å²) in [6.07, 6.45) is 0.721. The molecular formula is C17H21ClN2O. The van der Waals surface area contributed by atoms with Gasteiger partial charge in [-0.1, -0.05) is 51.4 Å². The zero-order valence-corrected chi connectivity index (χ0v) is 14.0. The Kier molecular flexibility index (Phi) is 4.52. The second-order valence-corrected chi connectivity index (χ2v) is 6.45. The summed E-state index contributed by atoms with van der Waals surface area (Å²) in [6, 6.07) is 8.07. The van der Waals surface area contributed by atoms with Crippen molar-refractivity contribution in [1.29, 1.82) is 0 Å². The number of nitrogens with zero attached hydrogens (tertiary/aromatic N) is 2. The van der Waals surface area contributed by atoms with Crippen molar-refractivity contribution < 1.29 is 4.74 Å². The third kappa shape index (κ3) is 3.73. The second-order valence-electron chi connectivity index (χ2n) is 6.09. The van der Waals surface area contributed by atoms with Gasteiger partial charge in [0.2, 0.25) is 5.88 Å². The molecule has 1 aromatic heterocycles. The first-order valence-corrected chi connectivity index (χ1v) is 7.50. The van der Waals surface area contributed by atoms with Crippen LogP contribution in [-0.4, -0.2) is 9.97 Å². The Morgan fingerprint density at radius 2 is 1.90 bits per heavy atom. The van der Waals surface area contributed by atoms with Crippen molar-refractivity contribution in [2.75, 3.05) is 0 Å². The Bertz CT molecular complexity index is 648. The van der Waals surface area contributed by atoms with Gasteiger partial charge >= 0.3 is 0 Å². The molecular weight excluding hydrogens is 284 g/mol. The first kappa shape index (κ1) is 15.8. The van der Waals surface area contributed by atoms with E-state index in [4.69, 9.17) is 16.3 Å². The lowest BCUT2D eigenvalue weighted by atomic mass is 9.87. The van der Waals surface area contributed by atoms with Crippen LogP contribution in [0.5, 0.6) is 11.6 Å². The van der Waals surface area contributed by atoms with Crippen molar-refractivity contribution >= 4 is 11.6 Å². The minimum atomic E-state index is 0.0757. The number of aromatic nitrogens is 2. The van der Waals surface area contributed by atoms with Gasteiger partial charge in [0.15, 0.2) is 0 Å². The van der Waals surface area contributed by atoms with Gasteiger partial charge in [-0.05, 0) is 30.0 Å². The maximum atomic E-state index is 6.14. The number of aryl methyl sites for hydroxylation is 1. The van der Waals surface area contributed by atoms with E-state index in [-0.39, 0.29) is 5.41 Å². The molecule has 0 radical (unpaired) electrons. The standard InChI is InChI=1S/C17H21ClN2O/c1-6-14-19-15(18)11(2)16(20-14)21-13-9-7-8-12(10-13)17(3,4)5/h7-10H,6H2,1-5H3. The van der Waals surface area contributed by atoms with Crippen LogP contribution in [0.3, 0.4) is 0 Å². The van der Waals surface area contributed by atoms with Crippen LogP contribution in [-0.2, 0) is 11.8 Å². The van der Waals surface area contributed by atoms with Gasteiger partial charge < -0.3 is 4.74 Å². The van der Waals surface area contributed by atoms with Gasteiger partial charge in [-0.15, -0.1) is 0 Å². The number of hydrogen-bond acceptors (Lipinski definition) is 3. The van der Waals surface area contributed by atoms with E-state index in [9.17, 15) is 0 Å². The zero-order chi connectivity index (χ0) is 15.6. The highest BCUT2D eigenvalue weighted by Gasteiger charge is 2.15. The van der Waals surface area contributed by atoms with Crippen molar-refractivity contribution in [3.63, 3.8) is 0 Å². The third-order valence-corrected chi connectivity index (χ3v) is 3.69. The third-order valence-electron chi connectivity index (χ3n) is 3.32. The molecule has 112 valence electrons. The molecule has 0 fully saturated rings.